The molecule has 0 saturated heterocycles. The third kappa shape index (κ3) is 3.40. The molecule has 0 fully saturated rings. The number of hydrogen-bond acceptors (Lipinski definition) is 1. The largest absolute Gasteiger partial charge is 0.404 e. The van der Waals surface area contributed by atoms with Gasteiger partial charge in [-0.15, -0.1) is 13.2 Å². The van der Waals surface area contributed by atoms with E-state index in [9.17, 15) is 0 Å². The van der Waals surface area contributed by atoms with Gasteiger partial charge in [-0.3, -0.25) is 0 Å². The Morgan fingerprint density at radius 1 is 1.15 bits per heavy atom. The van der Waals surface area contributed by atoms with Crippen LogP contribution in [0.15, 0.2) is 54.9 Å². The van der Waals surface area contributed by atoms with Gasteiger partial charge in [0.25, 0.3) is 9.04 Å². The first-order valence-electron chi connectivity index (χ1n) is 4.15. The van der Waals surface area contributed by atoms with Gasteiger partial charge < -0.3 is 4.43 Å². The smallest absolute Gasteiger partial charge is 0.266 e. The lowest BCUT2D eigenvalue weighted by atomic mass is 10.2. The highest BCUT2D eigenvalue weighted by Gasteiger charge is 2.02. The molecule has 1 rings (SSSR count). The SMILES string of the molecule is C=C[Si](C=C)OCc1ccccc1. The molecule has 0 heterocycles. The molecule has 2 heteroatoms. The van der Waals surface area contributed by atoms with Gasteiger partial charge in [0.1, 0.15) is 0 Å². The van der Waals surface area contributed by atoms with Crippen LogP contribution in [0.4, 0.5) is 0 Å². The summed E-state index contributed by atoms with van der Waals surface area (Å²) >= 11 is 0. The molecule has 0 aliphatic carbocycles. The average Bonchev–Trinajstić information content (AvgIpc) is 2.21. The second kappa shape index (κ2) is 5.51. The topological polar surface area (TPSA) is 9.23 Å². The molecular weight excluding hydrogens is 176 g/mol. The minimum absolute atomic E-state index is 0.646. The molecular formula is C11H13OSi. The molecule has 1 aromatic rings. The molecule has 0 unspecified atom stereocenters. The fourth-order valence-electron chi connectivity index (χ4n) is 0.942. The summed E-state index contributed by atoms with van der Waals surface area (Å²) in [6.45, 7) is 8.03. The molecule has 1 aromatic carbocycles. The molecule has 0 aliphatic rings. The molecule has 0 atom stereocenters. The highest BCUT2D eigenvalue weighted by atomic mass is 28.3. The van der Waals surface area contributed by atoms with Gasteiger partial charge in [-0.1, -0.05) is 41.7 Å². The Balaban J connectivity index is 2.42. The lowest BCUT2D eigenvalue weighted by molar-refractivity contribution is 0.320. The molecule has 0 saturated carbocycles. The van der Waals surface area contributed by atoms with Crippen molar-refractivity contribution in [3.05, 3.63) is 60.5 Å². The minimum atomic E-state index is -0.993. The zero-order valence-corrected chi connectivity index (χ0v) is 8.57. The maximum absolute atomic E-state index is 5.59. The van der Waals surface area contributed by atoms with E-state index in [-0.39, 0.29) is 0 Å². The van der Waals surface area contributed by atoms with Crippen LogP contribution in [-0.2, 0) is 11.0 Å². The van der Waals surface area contributed by atoms with Crippen LogP contribution in [0, 0.1) is 0 Å². The van der Waals surface area contributed by atoms with Crippen LogP contribution in [0.5, 0.6) is 0 Å². The summed E-state index contributed by atoms with van der Waals surface area (Å²) in [5.41, 5.74) is 4.86. The van der Waals surface area contributed by atoms with Crippen molar-refractivity contribution >= 4 is 9.04 Å². The van der Waals surface area contributed by atoms with Crippen molar-refractivity contribution in [2.24, 2.45) is 0 Å². The summed E-state index contributed by atoms with van der Waals surface area (Å²) < 4.78 is 5.59. The molecule has 0 spiro atoms. The lowest BCUT2D eigenvalue weighted by Gasteiger charge is -2.06. The van der Waals surface area contributed by atoms with Crippen molar-refractivity contribution in [2.75, 3.05) is 0 Å². The predicted octanol–water partition coefficient (Wildman–Crippen LogP) is 2.65. The van der Waals surface area contributed by atoms with E-state index in [1.54, 1.807) is 0 Å². The Labute approximate surface area is 81.1 Å². The van der Waals surface area contributed by atoms with Gasteiger partial charge in [0, 0.05) is 0 Å². The summed E-state index contributed by atoms with van der Waals surface area (Å²) in [6.07, 6.45) is 0. The second-order valence-corrected chi connectivity index (χ2v) is 4.49. The highest BCUT2D eigenvalue weighted by molar-refractivity contribution is 6.62. The Morgan fingerprint density at radius 3 is 2.31 bits per heavy atom. The molecule has 0 amide bonds. The molecule has 0 N–H and O–H groups in total. The van der Waals surface area contributed by atoms with Crippen LogP contribution in [0.2, 0.25) is 0 Å². The minimum Gasteiger partial charge on any atom is -0.404 e. The number of rotatable bonds is 5. The van der Waals surface area contributed by atoms with Crippen LogP contribution in [0.3, 0.4) is 0 Å². The first kappa shape index (κ1) is 9.96. The van der Waals surface area contributed by atoms with Crippen LogP contribution in [0.1, 0.15) is 5.56 Å². The zero-order valence-electron chi connectivity index (χ0n) is 7.57. The van der Waals surface area contributed by atoms with E-state index in [4.69, 9.17) is 4.43 Å². The molecule has 67 valence electrons. The third-order valence-electron chi connectivity index (χ3n) is 1.65. The van der Waals surface area contributed by atoms with Gasteiger partial charge in [-0.05, 0) is 5.56 Å². The van der Waals surface area contributed by atoms with Crippen LogP contribution in [-0.4, -0.2) is 9.04 Å². The van der Waals surface area contributed by atoms with Crippen molar-refractivity contribution in [1.82, 2.24) is 0 Å². The standard InChI is InChI=1S/C11H13OSi/c1-3-13(4-2)12-10-11-8-6-5-7-9-11/h3-9H,1-2,10H2. The Kier molecular flexibility index (Phi) is 4.22. The molecule has 0 bridgehead atoms. The zero-order chi connectivity index (χ0) is 9.52. The van der Waals surface area contributed by atoms with E-state index in [0.717, 1.165) is 0 Å². The highest BCUT2D eigenvalue weighted by Crippen LogP contribution is 2.02. The van der Waals surface area contributed by atoms with E-state index in [2.05, 4.69) is 13.2 Å². The third-order valence-corrected chi connectivity index (χ3v) is 2.93. The van der Waals surface area contributed by atoms with Crippen LogP contribution in [0.25, 0.3) is 0 Å². The molecule has 1 nitrogen and oxygen atoms in total. The Hall–Kier alpha value is -1.12. The van der Waals surface area contributed by atoms with E-state index >= 15 is 0 Å². The molecule has 13 heavy (non-hydrogen) atoms. The summed E-state index contributed by atoms with van der Waals surface area (Å²) in [5, 5.41) is 0. The Morgan fingerprint density at radius 2 is 1.77 bits per heavy atom. The van der Waals surface area contributed by atoms with Crippen molar-refractivity contribution in [2.45, 2.75) is 6.61 Å². The van der Waals surface area contributed by atoms with Crippen molar-refractivity contribution in [1.29, 1.82) is 0 Å². The van der Waals surface area contributed by atoms with Crippen molar-refractivity contribution in [3.8, 4) is 0 Å². The summed E-state index contributed by atoms with van der Waals surface area (Å²) in [7, 11) is -0.993. The van der Waals surface area contributed by atoms with Gasteiger partial charge in [0.15, 0.2) is 0 Å². The molecule has 0 aromatic heterocycles. The first-order chi connectivity index (χ1) is 6.36. The monoisotopic (exact) mass is 189 g/mol. The van der Waals surface area contributed by atoms with Gasteiger partial charge in [-0.2, -0.15) is 0 Å². The predicted molar refractivity (Wildman–Crippen MR) is 57.4 cm³/mol. The normalized spacial score (nSPS) is 9.92. The molecule has 0 aliphatic heterocycles. The van der Waals surface area contributed by atoms with E-state index in [1.165, 1.54) is 5.56 Å². The van der Waals surface area contributed by atoms with Gasteiger partial charge in [0.2, 0.25) is 0 Å². The van der Waals surface area contributed by atoms with Gasteiger partial charge in [0.05, 0.1) is 6.61 Å². The second-order valence-electron chi connectivity index (χ2n) is 2.58. The maximum atomic E-state index is 5.59. The van der Waals surface area contributed by atoms with Crippen LogP contribution >= 0.6 is 0 Å². The number of benzene rings is 1. The summed E-state index contributed by atoms with van der Waals surface area (Å²) in [6, 6.07) is 10.1. The first-order valence-corrected chi connectivity index (χ1v) is 5.71. The number of hydrogen-bond donors (Lipinski definition) is 0. The lowest BCUT2D eigenvalue weighted by Crippen LogP contribution is -2.11. The van der Waals surface area contributed by atoms with E-state index in [1.807, 2.05) is 41.7 Å². The molecule has 1 radical (unpaired) electrons. The fraction of sp³-hybridized carbons (Fsp3) is 0.0909. The summed E-state index contributed by atoms with van der Waals surface area (Å²) in [5.74, 6) is 0. The van der Waals surface area contributed by atoms with Gasteiger partial charge in [-0.25, -0.2) is 0 Å². The van der Waals surface area contributed by atoms with Crippen molar-refractivity contribution in [3.63, 3.8) is 0 Å². The fourth-order valence-corrected chi connectivity index (χ4v) is 1.68. The maximum Gasteiger partial charge on any atom is 0.266 e. The van der Waals surface area contributed by atoms with Crippen LogP contribution < -0.4 is 0 Å². The van der Waals surface area contributed by atoms with Gasteiger partial charge >= 0.3 is 0 Å². The quantitative estimate of drug-likeness (QED) is 0.647. The Bertz CT molecular complexity index is 261. The summed E-state index contributed by atoms with van der Waals surface area (Å²) in [4.78, 5) is 0. The van der Waals surface area contributed by atoms with Crippen molar-refractivity contribution < 1.29 is 4.43 Å². The van der Waals surface area contributed by atoms with E-state index < -0.39 is 9.04 Å². The van der Waals surface area contributed by atoms with E-state index in [0.29, 0.717) is 6.61 Å². The average molecular weight is 189 g/mol.